The predicted molar refractivity (Wildman–Crippen MR) is 152 cm³/mol. The number of allylic oxidation sites excluding steroid dienone is 2. The SMILES string of the molecule is CC(Oc1ccc(Cl)cc1)=C1CCC1.CCCCC(F)(F)CC(C)CC.CCCCNC(=O)C1CCC1. The first-order chi connectivity index (χ1) is 17.6. The molecule has 212 valence electrons. The highest BCUT2D eigenvalue weighted by Crippen LogP contribution is 2.31. The number of alkyl halides is 2. The standard InChI is InChI=1S/C12H13ClO.C10H20F2.C9H17NO/c1-9(10-3-2-4-10)14-12-7-5-11(13)6-8-12;1-4-6-7-10(11,12)8-9(3)5-2;1-2-3-7-10-9(11)8-5-4-6-8/h5-8H,2-4H2,1H3;9H,4-8H2,1-3H3;8H,2-7H2,1H3,(H,10,11). The van der Waals surface area contributed by atoms with Gasteiger partial charge in [-0.1, -0.05) is 65.0 Å². The second kappa shape index (κ2) is 18.6. The van der Waals surface area contributed by atoms with Crippen LogP contribution in [0.25, 0.3) is 0 Å². The Labute approximate surface area is 229 Å². The molecule has 1 N–H and O–H groups in total. The largest absolute Gasteiger partial charge is 0.462 e. The van der Waals surface area contributed by atoms with Crippen molar-refractivity contribution < 1.29 is 18.3 Å². The number of ether oxygens (including phenoxy) is 1. The Hall–Kier alpha value is -1.62. The quantitative estimate of drug-likeness (QED) is 0.211. The maximum Gasteiger partial charge on any atom is 0.248 e. The number of nitrogens with one attached hydrogen (secondary N) is 1. The maximum atomic E-state index is 13.0. The highest BCUT2D eigenvalue weighted by atomic mass is 35.5. The van der Waals surface area contributed by atoms with Crippen molar-refractivity contribution in [3.8, 4) is 5.75 Å². The van der Waals surface area contributed by atoms with E-state index >= 15 is 0 Å². The van der Waals surface area contributed by atoms with E-state index in [2.05, 4.69) is 12.2 Å². The number of halogens is 3. The van der Waals surface area contributed by atoms with Crippen molar-refractivity contribution in [1.29, 1.82) is 0 Å². The lowest BCUT2D eigenvalue weighted by molar-refractivity contribution is -0.127. The third-order valence-corrected chi connectivity index (χ3v) is 7.34. The summed E-state index contributed by atoms with van der Waals surface area (Å²) in [7, 11) is 0. The number of carbonyl (C=O) groups is 1. The van der Waals surface area contributed by atoms with Gasteiger partial charge in [0.2, 0.25) is 11.8 Å². The van der Waals surface area contributed by atoms with Crippen molar-refractivity contribution in [2.24, 2.45) is 11.8 Å². The Kier molecular flexibility index (Phi) is 16.8. The van der Waals surface area contributed by atoms with Crippen LogP contribution in [0, 0.1) is 11.8 Å². The molecule has 2 aliphatic rings. The molecule has 0 aliphatic heterocycles. The number of carbonyl (C=O) groups excluding carboxylic acids is 1. The second-order valence-corrected chi connectivity index (χ2v) is 11.0. The minimum absolute atomic E-state index is 0.0590. The molecule has 6 heteroatoms. The number of amides is 1. The molecule has 0 aromatic heterocycles. The van der Waals surface area contributed by atoms with E-state index in [4.69, 9.17) is 16.3 Å². The van der Waals surface area contributed by atoms with Crippen LogP contribution in [0.4, 0.5) is 8.78 Å². The van der Waals surface area contributed by atoms with E-state index in [1.54, 1.807) is 0 Å². The summed E-state index contributed by atoms with van der Waals surface area (Å²) in [6.07, 6.45) is 11.9. The summed E-state index contributed by atoms with van der Waals surface area (Å²) in [4.78, 5) is 11.2. The molecule has 37 heavy (non-hydrogen) atoms. The summed E-state index contributed by atoms with van der Waals surface area (Å²) in [5.41, 5.74) is 1.44. The van der Waals surface area contributed by atoms with Gasteiger partial charge in [0.15, 0.2) is 0 Å². The first-order valence-electron chi connectivity index (χ1n) is 14.4. The number of unbranched alkanes of at least 4 members (excludes halogenated alkanes) is 2. The van der Waals surface area contributed by atoms with E-state index in [0.717, 1.165) is 61.6 Å². The Balaban J connectivity index is 0.000000280. The second-order valence-electron chi connectivity index (χ2n) is 10.5. The summed E-state index contributed by atoms with van der Waals surface area (Å²) in [6, 6.07) is 7.47. The van der Waals surface area contributed by atoms with E-state index in [1.807, 2.05) is 52.0 Å². The molecule has 3 nitrogen and oxygen atoms in total. The van der Waals surface area contributed by atoms with Gasteiger partial charge in [0.05, 0.1) is 0 Å². The van der Waals surface area contributed by atoms with Crippen molar-refractivity contribution in [3.05, 3.63) is 40.6 Å². The molecule has 0 radical (unpaired) electrons. The van der Waals surface area contributed by atoms with Gasteiger partial charge in [-0.2, -0.15) is 0 Å². The fraction of sp³-hybridized carbons (Fsp3) is 0.710. The molecular weight excluding hydrogens is 492 g/mol. The average Bonchev–Trinajstić information content (AvgIpc) is 2.78. The van der Waals surface area contributed by atoms with Crippen LogP contribution in [-0.4, -0.2) is 18.4 Å². The number of benzene rings is 1. The smallest absolute Gasteiger partial charge is 0.248 e. The summed E-state index contributed by atoms with van der Waals surface area (Å²) in [6.45, 7) is 10.8. The molecule has 1 unspecified atom stereocenters. The van der Waals surface area contributed by atoms with E-state index in [9.17, 15) is 13.6 Å². The van der Waals surface area contributed by atoms with Crippen molar-refractivity contribution in [1.82, 2.24) is 5.32 Å². The minimum Gasteiger partial charge on any atom is -0.462 e. The van der Waals surface area contributed by atoms with Crippen LogP contribution in [-0.2, 0) is 4.79 Å². The fourth-order valence-electron chi connectivity index (χ4n) is 3.85. The lowest BCUT2D eigenvalue weighted by Crippen LogP contribution is -2.34. The summed E-state index contributed by atoms with van der Waals surface area (Å²) in [5, 5.41) is 3.69. The van der Waals surface area contributed by atoms with Gasteiger partial charge in [-0.05, 0) is 87.6 Å². The highest BCUT2D eigenvalue weighted by Gasteiger charge is 2.29. The average molecular weight is 542 g/mol. The molecule has 0 heterocycles. The topological polar surface area (TPSA) is 38.3 Å². The molecule has 1 aromatic carbocycles. The van der Waals surface area contributed by atoms with Crippen molar-refractivity contribution in [2.75, 3.05) is 6.54 Å². The van der Waals surface area contributed by atoms with Crippen LogP contribution in [0.3, 0.4) is 0 Å². The zero-order valence-corrected chi connectivity index (χ0v) is 24.6. The number of rotatable bonds is 12. The Morgan fingerprint density at radius 3 is 2.16 bits per heavy atom. The van der Waals surface area contributed by atoms with Gasteiger partial charge in [-0.25, -0.2) is 8.78 Å². The Bertz CT molecular complexity index is 785. The fourth-order valence-corrected chi connectivity index (χ4v) is 3.98. The van der Waals surface area contributed by atoms with Gasteiger partial charge < -0.3 is 10.1 Å². The van der Waals surface area contributed by atoms with E-state index in [1.165, 1.54) is 31.3 Å². The molecule has 2 saturated carbocycles. The zero-order valence-electron chi connectivity index (χ0n) is 23.8. The molecular formula is C31H50ClF2NO2. The van der Waals surface area contributed by atoms with E-state index < -0.39 is 5.92 Å². The monoisotopic (exact) mass is 541 g/mol. The van der Waals surface area contributed by atoms with Crippen LogP contribution < -0.4 is 10.1 Å². The van der Waals surface area contributed by atoms with Gasteiger partial charge in [-0.3, -0.25) is 4.79 Å². The molecule has 0 bridgehead atoms. The molecule has 0 spiro atoms. The molecule has 1 amide bonds. The number of hydrogen-bond acceptors (Lipinski definition) is 2. The summed E-state index contributed by atoms with van der Waals surface area (Å²) >= 11 is 5.78. The van der Waals surface area contributed by atoms with Crippen LogP contribution in [0.2, 0.25) is 5.02 Å². The molecule has 2 fully saturated rings. The molecule has 1 aromatic rings. The number of hydrogen-bond donors (Lipinski definition) is 1. The van der Waals surface area contributed by atoms with E-state index in [0.29, 0.717) is 12.3 Å². The Morgan fingerprint density at radius 1 is 1.08 bits per heavy atom. The molecule has 0 saturated heterocycles. The van der Waals surface area contributed by atoms with Gasteiger partial charge in [0.1, 0.15) is 11.5 Å². The van der Waals surface area contributed by atoms with Crippen LogP contribution in [0.5, 0.6) is 5.75 Å². The minimum atomic E-state index is -2.43. The van der Waals surface area contributed by atoms with Gasteiger partial charge in [-0.15, -0.1) is 0 Å². The van der Waals surface area contributed by atoms with Crippen molar-refractivity contribution >= 4 is 17.5 Å². The first-order valence-corrected chi connectivity index (χ1v) is 14.8. The van der Waals surface area contributed by atoms with Crippen LogP contribution in [0.15, 0.2) is 35.6 Å². The summed E-state index contributed by atoms with van der Waals surface area (Å²) in [5.74, 6) is 0.282. The summed E-state index contributed by atoms with van der Waals surface area (Å²) < 4.78 is 31.8. The molecule has 1 atom stereocenters. The lowest BCUT2D eigenvalue weighted by Gasteiger charge is -2.23. The third-order valence-electron chi connectivity index (χ3n) is 7.09. The van der Waals surface area contributed by atoms with Crippen LogP contribution >= 0.6 is 11.6 Å². The van der Waals surface area contributed by atoms with Crippen molar-refractivity contribution in [2.45, 2.75) is 124 Å². The predicted octanol–water partition coefficient (Wildman–Crippen LogP) is 10.1. The van der Waals surface area contributed by atoms with Gasteiger partial charge in [0.25, 0.3) is 0 Å². The lowest BCUT2D eigenvalue weighted by atomic mass is 9.85. The van der Waals surface area contributed by atoms with Gasteiger partial charge in [0, 0.05) is 30.3 Å². The zero-order chi connectivity index (χ0) is 27.7. The van der Waals surface area contributed by atoms with Gasteiger partial charge >= 0.3 is 0 Å². The molecule has 2 aliphatic carbocycles. The van der Waals surface area contributed by atoms with Crippen molar-refractivity contribution in [3.63, 3.8) is 0 Å². The first kappa shape index (κ1) is 33.4. The van der Waals surface area contributed by atoms with Crippen LogP contribution in [0.1, 0.15) is 118 Å². The maximum absolute atomic E-state index is 13.0. The third kappa shape index (κ3) is 14.8. The van der Waals surface area contributed by atoms with E-state index in [-0.39, 0.29) is 24.7 Å². The Morgan fingerprint density at radius 2 is 1.70 bits per heavy atom. The normalized spacial score (nSPS) is 15.6. The molecule has 3 rings (SSSR count). The highest BCUT2D eigenvalue weighted by molar-refractivity contribution is 6.30.